The second kappa shape index (κ2) is 6.44. The zero-order valence-electron chi connectivity index (χ0n) is 14.4. The number of ether oxygens (including phenoxy) is 1. The molecule has 2 aromatic rings. The first-order chi connectivity index (χ1) is 10.7. The monoisotopic (exact) mass is 316 g/mol. The van der Waals surface area contributed by atoms with E-state index in [1.807, 2.05) is 58.2 Å². The zero-order chi connectivity index (χ0) is 17.2. The van der Waals surface area contributed by atoms with Crippen molar-refractivity contribution in [2.45, 2.75) is 45.8 Å². The SMILES string of the molecule is CC(Cc1cn(C(=O)OC(C)(C)C)c2ccccc12)N(C)C=O. The van der Waals surface area contributed by atoms with Crippen molar-refractivity contribution in [3.8, 4) is 0 Å². The van der Waals surface area contributed by atoms with Crippen molar-refractivity contribution in [3.63, 3.8) is 0 Å². The van der Waals surface area contributed by atoms with Gasteiger partial charge in [0, 0.05) is 24.7 Å². The minimum absolute atomic E-state index is 0.0467. The number of carbonyl (C=O) groups excluding carboxylic acids is 2. The van der Waals surface area contributed by atoms with Crippen LogP contribution in [0.3, 0.4) is 0 Å². The van der Waals surface area contributed by atoms with Crippen molar-refractivity contribution in [1.29, 1.82) is 0 Å². The van der Waals surface area contributed by atoms with Crippen molar-refractivity contribution in [3.05, 3.63) is 36.0 Å². The highest BCUT2D eigenvalue weighted by Gasteiger charge is 2.21. The molecule has 0 spiro atoms. The lowest BCUT2D eigenvalue weighted by Crippen LogP contribution is -2.29. The van der Waals surface area contributed by atoms with Crippen molar-refractivity contribution in [2.75, 3.05) is 7.05 Å². The Morgan fingerprint density at radius 3 is 2.61 bits per heavy atom. The summed E-state index contributed by atoms with van der Waals surface area (Å²) in [5, 5.41) is 1.00. The van der Waals surface area contributed by atoms with Gasteiger partial charge in [-0.1, -0.05) is 18.2 Å². The fourth-order valence-electron chi connectivity index (χ4n) is 2.44. The van der Waals surface area contributed by atoms with E-state index in [2.05, 4.69) is 0 Å². The Morgan fingerprint density at radius 2 is 2.00 bits per heavy atom. The summed E-state index contributed by atoms with van der Waals surface area (Å²) >= 11 is 0. The van der Waals surface area contributed by atoms with E-state index in [0.29, 0.717) is 6.42 Å². The number of amides is 1. The standard InChI is InChI=1S/C18H24N2O3/c1-13(19(5)12-21)10-14-11-20(17(22)23-18(2,3)4)16-9-7-6-8-15(14)16/h6-9,11-13H,10H2,1-5H3. The first-order valence-corrected chi connectivity index (χ1v) is 7.72. The van der Waals surface area contributed by atoms with E-state index >= 15 is 0 Å². The maximum atomic E-state index is 12.4. The van der Waals surface area contributed by atoms with Crippen molar-refractivity contribution in [2.24, 2.45) is 0 Å². The van der Waals surface area contributed by atoms with Gasteiger partial charge in [0.15, 0.2) is 0 Å². The number of nitrogens with zero attached hydrogens (tertiary/aromatic N) is 2. The van der Waals surface area contributed by atoms with Gasteiger partial charge in [-0.05, 0) is 45.7 Å². The smallest absolute Gasteiger partial charge is 0.419 e. The molecule has 1 heterocycles. The predicted octanol–water partition coefficient (Wildman–Crippen LogP) is 3.44. The number of carbonyl (C=O) groups is 2. The third-order valence-corrected chi connectivity index (χ3v) is 3.76. The van der Waals surface area contributed by atoms with Crippen LogP contribution in [0.15, 0.2) is 30.5 Å². The lowest BCUT2D eigenvalue weighted by molar-refractivity contribution is -0.118. The van der Waals surface area contributed by atoms with Gasteiger partial charge in [-0.2, -0.15) is 0 Å². The van der Waals surface area contributed by atoms with Crippen molar-refractivity contribution in [1.82, 2.24) is 9.47 Å². The average Bonchev–Trinajstić information content (AvgIpc) is 2.84. The van der Waals surface area contributed by atoms with E-state index in [4.69, 9.17) is 4.74 Å². The maximum Gasteiger partial charge on any atom is 0.419 e. The summed E-state index contributed by atoms with van der Waals surface area (Å²) in [5.74, 6) is 0. The lowest BCUT2D eigenvalue weighted by atomic mass is 10.1. The van der Waals surface area contributed by atoms with Gasteiger partial charge in [-0.3, -0.25) is 9.36 Å². The lowest BCUT2D eigenvalue weighted by Gasteiger charge is -2.20. The Morgan fingerprint density at radius 1 is 1.35 bits per heavy atom. The maximum absolute atomic E-state index is 12.4. The van der Waals surface area contributed by atoms with Crippen LogP contribution in [-0.2, 0) is 16.0 Å². The van der Waals surface area contributed by atoms with Gasteiger partial charge in [0.1, 0.15) is 5.60 Å². The molecule has 1 unspecified atom stereocenters. The number of hydrogen-bond donors (Lipinski definition) is 0. The number of likely N-dealkylation sites (N-methyl/N-ethyl adjacent to an activating group) is 1. The summed E-state index contributed by atoms with van der Waals surface area (Å²) in [7, 11) is 1.75. The molecule has 124 valence electrons. The highest BCUT2D eigenvalue weighted by atomic mass is 16.6. The fraction of sp³-hybridized carbons (Fsp3) is 0.444. The molecule has 5 heteroatoms. The van der Waals surface area contributed by atoms with Crippen LogP contribution in [0.4, 0.5) is 4.79 Å². The van der Waals surface area contributed by atoms with Crippen LogP contribution in [0.1, 0.15) is 33.3 Å². The summed E-state index contributed by atoms with van der Waals surface area (Å²) in [6, 6.07) is 7.77. The molecule has 0 aliphatic carbocycles. The van der Waals surface area contributed by atoms with E-state index in [9.17, 15) is 9.59 Å². The van der Waals surface area contributed by atoms with Crippen LogP contribution in [-0.4, -0.2) is 40.7 Å². The van der Waals surface area contributed by atoms with Gasteiger partial charge < -0.3 is 9.64 Å². The second-order valence-corrected chi connectivity index (χ2v) is 6.85. The van der Waals surface area contributed by atoms with Gasteiger partial charge in [0.05, 0.1) is 5.52 Å². The molecule has 23 heavy (non-hydrogen) atoms. The molecular formula is C18H24N2O3. The highest BCUT2D eigenvalue weighted by Crippen LogP contribution is 2.24. The molecule has 1 aromatic heterocycles. The molecule has 0 saturated heterocycles. The molecule has 1 atom stereocenters. The second-order valence-electron chi connectivity index (χ2n) is 6.85. The van der Waals surface area contributed by atoms with Crippen LogP contribution in [0.2, 0.25) is 0 Å². The van der Waals surface area contributed by atoms with E-state index in [-0.39, 0.29) is 6.04 Å². The van der Waals surface area contributed by atoms with Crippen LogP contribution in [0.25, 0.3) is 10.9 Å². The van der Waals surface area contributed by atoms with Gasteiger partial charge in [-0.25, -0.2) is 4.79 Å². The first kappa shape index (κ1) is 17.1. The van der Waals surface area contributed by atoms with Gasteiger partial charge in [0.25, 0.3) is 0 Å². The number of aromatic nitrogens is 1. The van der Waals surface area contributed by atoms with Crippen LogP contribution in [0.5, 0.6) is 0 Å². The quantitative estimate of drug-likeness (QED) is 0.812. The average molecular weight is 316 g/mol. The molecule has 0 bridgehead atoms. The molecule has 0 saturated carbocycles. The summed E-state index contributed by atoms with van der Waals surface area (Å²) in [6.45, 7) is 7.52. The molecule has 2 rings (SSSR count). The molecule has 1 amide bonds. The Hall–Kier alpha value is -2.30. The van der Waals surface area contributed by atoms with E-state index in [1.165, 1.54) is 0 Å². The summed E-state index contributed by atoms with van der Waals surface area (Å²) < 4.78 is 7.02. The van der Waals surface area contributed by atoms with Crippen LogP contribution < -0.4 is 0 Å². The zero-order valence-corrected chi connectivity index (χ0v) is 14.4. The largest absolute Gasteiger partial charge is 0.443 e. The van der Waals surface area contributed by atoms with Crippen LogP contribution in [0, 0.1) is 0 Å². The van der Waals surface area contributed by atoms with Gasteiger partial charge in [-0.15, -0.1) is 0 Å². The van der Waals surface area contributed by atoms with E-state index < -0.39 is 11.7 Å². The number of para-hydroxylation sites is 1. The van der Waals surface area contributed by atoms with Crippen molar-refractivity contribution >= 4 is 23.4 Å². The first-order valence-electron chi connectivity index (χ1n) is 7.72. The molecule has 1 aromatic carbocycles. The Bertz CT molecular complexity index is 713. The number of hydrogen-bond acceptors (Lipinski definition) is 3. The molecule has 0 fully saturated rings. The number of rotatable bonds is 4. The predicted molar refractivity (Wildman–Crippen MR) is 90.6 cm³/mol. The van der Waals surface area contributed by atoms with Crippen LogP contribution >= 0.6 is 0 Å². The molecule has 0 radical (unpaired) electrons. The van der Waals surface area contributed by atoms with Gasteiger partial charge >= 0.3 is 6.09 Å². The summed E-state index contributed by atoms with van der Waals surface area (Å²) in [4.78, 5) is 25.0. The van der Waals surface area contributed by atoms with E-state index in [1.54, 1.807) is 16.5 Å². The van der Waals surface area contributed by atoms with Crippen molar-refractivity contribution < 1.29 is 14.3 Å². The Labute approximate surface area is 136 Å². The minimum atomic E-state index is -0.548. The topological polar surface area (TPSA) is 51.5 Å². The van der Waals surface area contributed by atoms with E-state index in [0.717, 1.165) is 22.9 Å². The Kier molecular flexibility index (Phi) is 4.78. The minimum Gasteiger partial charge on any atom is -0.443 e. The highest BCUT2D eigenvalue weighted by molar-refractivity contribution is 5.92. The summed E-state index contributed by atoms with van der Waals surface area (Å²) in [6.07, 6.45) is 2.91. The fourth-order valence-corrected chi connectivity index (χ4v) is 2.44. The molecule has 0 aliphatic rings. The Balaban J connectivity index is 2.40. The molecular weight excluding hydrogens is 292 g/mol. The normalized spacial score (nSPS) is 12.9. The molecule has 0 N–H and O–H groups in total. The third-order valence-electron chi connectivity index (χ3n) is 3.76. The molecule has 0 aliphatic heterocycles. The third kappa shape index (κ3) is 3.92. The number of fused-ring (bicyclic) bond motifs is 1. The molecule has 5 nitrogen and oxygen atoms in total. The summed E-state index contributed by atoms with van der Waals surface area (Å²) in [5.41, 5.74) is 1.29. The van der Waals surface area contributed by atoms with Gasteiger partial charge in [0.2, 0.25) is 6.41 Å². The number of benzene rings is 1.